The molecule has 0 saturated heterocycles. The summed E-state index contributed by atoms with van der Waals surface area (Å²) in [5, 5.41) is 24.8. The zero-order valence-corrected chi connectivity index (χ0v) is 19.7. The third kappa shape index (κ3) is 4.64. The number of hydrogen-bond donors (Lipinski definition) is 3. The summed E-state index contributed by atoms with van der Waals surface area (Å²) >= 11 is 0. The summed E-state index contributed by atoms with van der Waals surface area (Å²) in [4.78, 5) is 55.9. The molecule has 1 aromatic heterocycles. The number of nitrogens with one attached hydrogen (secondary N) is 2. The molecule has 1 aliphatic carbocycles. The number of rotatable bonds is 4. The van der Waals surface area contributed by atoms with Gasteiger partial charge in [0.05, 0.1) is 5.56 Å². The molecule has 3 amide bonds. The van der Waals surface area contributed by atoms with Crippen LogP contribution in [-0.2, 0) is 22.7 Å². The van der Waals surface area contributed by atoms with Crippen molar-refractivity contribution in [1.29, 1.82) is 5.26 Å². The Bertz CT molecular complexity index is 1350. The van der Waals surface area contributed by atoms with Crippen LogP contribution in [0.4, 0.5) is 4.39 Å². The van der Waals surface area contributed by atoms with Crippen molar-refractivity contribution in [1.82, 2.24) is 25.1 Å². The summed E-state index contributed by atoms with van der Waals surface area (Å²) in [5.41, 5.74) is -0.956. The number of likely N-dealkylation sites (N-methyl/N-ethyl adjacent to an activating group) is 1. The lowest BCUT2D eigenvalue weighted by Gasteiger charge is -2.32. The number of amides is 3. The predicted octanol–water partition coefficient (Wildman–Crippen LogP) is 0.360. The summed E-state index contributed by atoms with van der Waals surface area (Å²) < 4.78 is 14.9. The molecule has 3 atom stereocenters. The lowest BCUT2D eigenvalue weighted by Crippen LogP contribution is -2.48. The van der Waals surface area contributed by atoms with Gasteiger partial charge in [-0.1, -0.05) is 6.07 Å². The van der Waals surface area contributed by atoms with E-state index in [1.54, 1.807) is 6.07 Å². The number of nitriles is 1. The molecule has 2 aromatic rings. The highest BCUT2D eigenvalue weighted by Gasteiger charge is 2.41. The van der Waals surface area contributed by atoms with Crippen LogP contribution in [0.3, 0.4) is 0 Å². The highest BCUT2D eigenvalue weighted by atomic mass is 19.1. The molecule has 12 heteroatoms. The second-order valence-corrected chi connectivity index (χ2v) is 9.26. The predicted molar refractivity (Wildman–Crippen MR) is 123 cm³/mol. The van der Waals surface area contributed by atoms with Crippen LogP contribution >= 0.6 is 0 Å². The van der Waals surface area contributed by atoms with E-state index < -0.39 is 52.5 Å². The fourth-order valence-corrected chi connectivity index (χ4v) is 4.80. The van der Waals surface area contributed by atoms with Crippen LogP contribution in [-0.4, -0.2) is 57.4 Å². The summed E-state index contributed by atoms with van der Waals surface area (Å²) in [7, 11) is 2.94. The highest BCUT2D eigenvalue weighted by molar-refractivity contribution is 6.34. The first-order valence-corrected chi connectivity index (χ1v) is 11.4. The standard InChI is InChI=1S/C24H25FN6O5/c1-30(2)24(36)22(34)28-17-8-13-3-5-15(17)20-29-18(19(32)23(35)31(20)11-13)21(33)27-10-12-4-6-16(25)14(7-12)9-26/h4,6-7,13,15,17,32H,3,5,8,10-11H2,1-2H3,(H,27,33)(H,28,34). The average molecular weight is 496 g/mol. The molecule has 1 aromatic carbocycles. The van der Waals surface area contributed by atoms with Gasteiger partial charge in [-0.05, 0) is 42.9 Å². The topological polar surface area (TPSA) is 157 Å². The Morgan fingerprint density at radius 2 is 2.06 bits per heavy atom. The number of nitrogens with zero attached hydrogens (tertiary/aromatic N) is 4. The Morgan fingerprint density at radius 1 is 1.31 bits per heavy atom. The molecule has 0 radical (unpaired) electrons. The van der Waals surface area contributed by atoms with Gasteiger partial charge in [0.15, 0.2) is 5.69 Å². The summed E-state index contributed by atoms with van der Waals surface area (Å²) in [6.45, 7) is 0.178. The Balaban J connectivity index is 1.61. The quantitative estimate of drug-likeness (QED) is 0.516. The zero-order chi connectivity index (χ0) is 26.1. The molecule has 2 aliphatic heterocycles. The molecule has 3 N–H and O–H groups in total. The largest absolute Gasteiger partial charge is 0.501 e. The van der Waals surface area contributed by atoms with Crippen LogP contribution in [0, 0.1) is 23.1 Å². The van der Waals surface area contributed by atoms with Crippen molar-refractivity contribution in [2.75, 3.05) is 14.1 Å². The van der Waals surface area contributed by atoms with E-state index in [0.717, 1.165) is 12.5 Å². The van der Waals surface area contributed by atoms with Gasteiger partial charge in [0, 0.05) is 39.1 Å². The molecular formula is C24H25FN6O5. The van der Waals surface area contributed by atoms with E-state index in [1.165, 1.54) is 35.7 Å². The van der Waals surface area contributed by atoms with Crippen molar-refractivity contribution < 1.29 is 23.9 Å². The maximum Gasteiger partial charge on any atom is 0.311 e. The van der Waals surface area contributed by atoms with Crippen molar-refractivity contribution in [3.63, 3.8) is 0 Å². The highest BCUT2D eigenvalue weighted by Crippen LogP contribution is 2.39. The first-order chi connectivity index (χ1) is 17.1. The van der Waals surface area contributed by atoms with Crippen LogP contribution in [0.1, 0.15) is 52.6 Å². The van der Waals surface area contributed by atoms with Crippen molar-refractivity contribution in [3.05, 3.63) is 57.0 Å². The summed E-state index contributed by atoms with van der Waals surface area (Å²) in [6.07, 6.45) is 1.86. The Morgan fingerprint density at radius 3 is 2.75 bits per heavy atom. The minimum absolute atomic E-state index is 0.0219. The van der Waals surface area contributed by atoms with Crippen LogP contribution in [0.25, 0.3) is 0 Å². The molecule has 3 aliphatic rings. The third-order valence-electron chi connectivity index (χ3n) is 6.64. The first-order valence-electron chi connectivity index (χ1n) is 11.4. The van der Waals surface area contributed by atoms with Gasteiger partial charge < -0.3 is 20.6 Å². The monoisotopic (exact) mass is 496 g/mol. The van der Waals surface area contributed by atoms with Gasteiger partial charge in [-0.15, -0.1) is 0 Å². The number of halogens is 1. The lowest BCUT2D eigenvalue weighted by molar-refractivity contribution is -0.144. The summed E-state index contributed by atoms with van der Waals surface area (Å²) in [5.74, 6) is -3.92. The van der Waals surface area contributed by atoms with E-state index in [4.69, 9.17) is 5.26 Å². The van der Waals surface area contributed by atoms with Gasteiger partial charge in [0.1, 0.15) is 17.7 Å². The zero-order valence-electron chi connectivity index (χ0n) is 19.7. The van der Waals surface area contributed by atoms with E-state index in [0.29, 0.717) is 18.4 Å². The minimum atomic E-state index is -0.821. The van der Waals surface area contributed by atoms with E-state index in [2.05, 4.69) is 15.6 Å². The van der Waals surface area contributed by atoms with Gasteiger partial charge in [0.25, 0.3) is 11.5 Å². The Labute approximate surface area is 205 Å². The van der Waals surface area contributed by atoms with E-state index in [9.17, 15) is 28.7 Å². The van der Waals surface area contributed by atoms with Gasteiger partial charge in [-0.2, -0.15) is 5.26 Å². The Kier molecular flexibility index (Phi) is 6.74. The fraction of sp³-hybridized carbons (Fsp3) is 0.417. The normalized spacial score (nSPS) is 20.0. The number of fused-ring (bicyclic) bond motifs is 2. The summed E-state index contributed by atoms with van der Waals surface area (Å²) in [6, 6.07) is 5.05. The molecule has 36 heavy (non-hydrogen) atoms. The molecule has 1 saturated carbocycles. The maximum absolute atomic E-state index is 13.6. The number of carbonyl (C=O) groups is 3. The van der Waals surface area contributed by atoms with Gasteiger partial charge in [-0.25, -0.2) is 9.37 Å². The van der Waals surface area contributed by atoms with Crippen LogP contribution in [0.15, 0.2) is 23.0 Å². The van der Waals surface area contributed by atoms with Crippen molar-refractivity contribution >= 4 is 17.7 Å². The second-order valence-electron chi connectivity index (χ2n) is 9.26. The first kappa shape index (κ1) is 24.8. The molecule has 1 fully saturated rings. The van der Waals surface area contributed by atoms with Gasteiger partial charge >= 0.3 is 11.8 Å². The van der Waals surface area contributed by atoms with E-state index in [-0.39, 0.29) is 30.4 Å². The van der Waals surface area contributed by atoms with Crippen molar-refractivity contribution in [2.45, 2.75) is 44.3 Å². The number of aromatic hydroxyl groups is 1. The van der Waals surface area contributed by atoms with Crippen LogP contribution in [0.2, 0.25) is 0 Å². The average Bonchev–Trinajstić information content (AvgIpc) is 3.12. The molecule has 2 bridgehead atoms. The van der Waals surface area contributed by atoms with Crippen LogP contribution in [0.5, 0.6) is 5.75 Å². The third-order valence-corrected chi connectivity index (χ3v) is 6.64. The Hall–Kier alpha value is -4.27. The van der Waals surface area contributed by atoms with Gasteiger partial charge in [0.2, 0.25) is 5.75 Å². The van der Waals surface area contributed by atoms with Crippen LogP contribution < -0.4 is 16.2 Å². The lowest BCUT2D eigenvalue weighted by atomic mass is 9.79. The number of hydrogen-bond acceptors (Lipinski definition) is 7. The molecule has 5 rings (SSSR count). The van der Waals surface area contributed by atoms with Crippen molar-refractivity contribution in [3.8, 4) is 11.8 Å². The number of benzene rings is 1. The fourth-order valence-electron chi connectivity index (χ4n) is 4.80. The smallest absolute Gasteiger partial charge is 0.311 e. The molecule has 188 valence electrons. The SMILES string of the molecule is CN(C)C(=O)C(=O)NC1CC2CCC1c1nc(C(=O)NCc3ccc(F)c(C#N)c3)c(O)c(=O)n1C2. The van der Waals surface area contributed by atoms with E-state index >= 15 is 0 Å². The van der Waals surface area contributed by atoms with Crippen molar-refractivity contribution in [2.24, 2.45) is 5.92 Å². The number of carbonyl (C=O) groups excluding carboxylic acids is 3. The molecule has 3 unspecified atom stereocenters. The molecule has 3 heterocycles. The van der Waals surface area contributed by atoms with Gasteiger partial charge in [-0.3, -0.25) is 23.7 Å². The van der Waals surface area contributed by atoms with E-state index in [1.807, 2.05) is 0 Å². The number of aromatic nitrogens is 2. The molecular weight excluding hydrogens is 471 g/mol. The molecule has 0 spiro atoms. The maximum atomic E-state index is 13.6. The second kappa shape index (κ2) is 9.77. The molecule has 11 nitrogen and oxygen atoms in total. The minimum Gasteiger partial charge on any atom is -0.501 e.